The maximum absolute atomic E-state index is 13.0. The number of nitrogens with zero attached hydrogens (tertiary/aromatic N) is 5. The van der Waals surface area contributed by atoms with Gasteiger partial charge in [-0.25, -0.2) is 0 Å². The van der Waals surface area contributed by atoms with Crippen LogP contribution in [0.2, 0.25) is 0 Å². The number of hydrogen-bond donors (Lipinski definition) is 0. The molecule has 0 spiro atoms. The minimum atomic E-state index is 0.0793. The van der Waals surface area contributed by atoms with Gasteiger partial charge in [0.1, 0.15) is 0 Å². The predicted molar refractivity (Wildman–Crippen MR) is 128 cm³/mol. The number of hydrogen-bond acceptors (Lipinski definition) is 5. The predicted octanol–water partition coefficient (Wildman–Crippen LogP) is 4.97. The highest BCUT2D eigenvalue weighted by molar-refractivity contribution is 7.99. The summed E-state index contributed by atoms with van der Waals surface area (Å²) in [6, 6.07) is 16.0. The summed E-state index contributed by atoms with van der Waals surface area (Å²) in [5.74, 6) is 1.11. The first kappa shape index (κ1) is 21.8. The highest BCUT2D eigenvalue weighted by Gasteiger charge is 2.19. The van der Waals surface area contributed by atoms with E-state index in [1.54, 1.807) is 12.4 Å². The molecule has 0 atom stereocenters. The molecule has 0 saturated carbocycles. The second kappa shape index (κ2) is 9.78. The van der Waals surface area contributed by atoms with Crippen molar-refractivity contribution in [3.05, 3.63) is 96.1 Å². The van der Waals surface area contributed by atoms with Crippen LogP contribution in [0.25, 0.3) is 11.4 Å². The Kier molecular flexibility index (Phi) is 6.66. The fourth-order valence-electron chi connectivity index (χ4n) is 3.71. The van der Waals surface area contributed by atoms with Crippen molar-refractivity contribution in [2.45, 2.75) is 32.1 Å². The van der Waals surface area contributed by atoms with Crippen LogP contribution in [0, 0.1) is 13.8 Å². The third-order valence-corrected chi connectivity index (χ3v) is 6.30. The molecule has 0 N–H and O–H groups in total. The molecule has 0 amide bonds. The number of carbonyl (C=O) groups excluding carboxylic acids is 1. The van der Waals surface area contributed by atoms with Crippen LogP contribution >= 0.6 is 11.8 Å². The van der Waals surface area contributed by atoms with E-state index < -0.39 is 0 Å². The molecule has 162 valence electrons. The summed E-state index contributed by atoms with van der Waals surface area (Å²) in [5.41, 5.74) is 4.80. The van der Waals surface area contributed by atoms with Crippen molar-refractivity contribution in [3.63, 3.8) is 0 Å². The Bertz CT molecular complexity index is 1230. The van der Waals surface area contributed by atoms with E-state index in [9.17, 15) is 4.79 Å². The average Bonchev–Trinajstić information content (AvgIpc) is 3.34. The second-order valence-electron chi connectivity index (χ2n) is 7.52. The molecule has 3 heterocycles. The minimum Gasteiger partial charge on any atom is -0.345 e. The van der Waals surface area contributed by atoms with E-state index >= 15 is 0 Å². The van der Waals surface area contributed by atoms with Gasteiger partial charge in [0.25, 0.3) is 0 Å². The Morgan fingerprint density at radius 2 is 1.91 bits per heavy atom. The summed E-state index contributed by atoms with van der Waals surface area (Å²) in [4.78, 5) is 17.2. The van der Waals surface area contributed by atoms with Crippen LogP contribution in [0.5, 0.6) is 0 Å². The molecule has 0 unspecified atom stereocenters. The quantitative estimate of drug-likeness (QED) is 0.208. The third kappa shape index (κ3) is 4.57. The lowest BCUT2D eigenvalue weighted by molar-refractivity contribution is 0.102. The van der Waals surface area contributed by atoms with Gasteiger partial charge in [-0.15, -0.1) is 16.8 Å². The van der Waals surface area contributed by atoms with Crippen molar-refractivity contribution >= 4 is 17.5 Å². The Morgan fingerprint density at radius 3 is 2.62 bits per heavy atom. The first-order chi connectivity index (χ1) is 15.6. The molecule has 0 saturated heterocycles. The van der Waals surface area contributed by atoms with E-state index in [0.717, 1.165) is 33.9 Å². The van der Waals surface area contributed by atoms with Crippen LogP contribution in [0.4, 0.5) is 0 Å². The third-order valence-electron chi connectivity index (χ3n) is 5.34. The zero-order valence-electron chi connectivity index (χ0n) is 18.2. The van der Waals surface area contributed by atoms with E-state index in [2.05, 4.69) is 38.5 Å². The van der Waals surface area contributed by atoms with Crippen molar-refractivity contribution in [1.82, 2.24) is 24.3 Å². The molecule has 1 aromatic carbocycles. The SMILES string of the molecule is C=CCn1c(C)cc(C(=O)CSc2nnc(-c3cccnc3)n2Cc2ccccc2)c1C. The molecule has 7 heteroatoms. The van der Waals surface area contributed by atoms with Crippen molar-refractivity contribution < 1.29 is 4.79 Å². The maximum atomic E-state index is 13.0. The van der Waals surface area contributed by atoms with Crippen molar-refractivity contribution in [1.29, 1.82) is 0 Å². The van der Waals surface area contributed by atoms with Gasteiger partial charge < -0.3 is 4.57 Å². The normalized spacial score (nSPS) is 10.9. The lowest BCUT2D eigenvalue weighted by Gasteiger charge is -2.10. The van der Waals surface area contributed by atoms with E-state index in [-0.39, 0.29) is 5.78 Å². The highest BCUT2D eigenvalue weighted by Crippen LogP contribution is 2.26. The standard InChI is InChI=1S/C25H25N5OS/c1-4-13-29-18(2)14-22(19(29)3)23(31)17-32-25-28-27-24(21-11-8-12-26-15-21)30(25)16-20-9-6-5-7-10-20/h4-12,14-15H,1,13,16-17H2,2-3H3. The van der Waals surface area contributed by atoms with Gasteiger partial charge in [-0.05, 0) is 37.6 Å². The van der Waals surface area contributed by atoms with Crippen molar-refractivity contribution in [2.75, 3.05) is 5.75 Å². The number of allylic oxidation sites excluding steroid dienone is 1. The molecule has 0 fully saturated rings. The van der Waals surface area contributed by atoms with Gasteiger partial charge in [0.05, 0.1) is 12.3 Å². The number of pyridine rings is 1. The van der Waals surface area contributed by atoms with Crippen LogP contribution in [-0.2, 0) is 13.1 Å². The lowest BCUT2D eigenvalue weighted by Crippen LogP contribution is -2.08. The second-order valence-corrected chi connectivity index (χ2v) is 8.46. The van der Waals surface area contributed by atoms with Gasteiger partial charge in [0.15, 0.2) is 16.8 Å². The zero-order valence-corrected chi connectivity index (χ0v) is 19.0. The van der Waals surface area contributed by atoms with Crippen LogP contribution in [0.15, 0.2) is 78.7 Å². The van der Waals surface area contributed by atoms with Crippen LogP contribution < -0.4 is 0 Å². The fraction of sp³-hybridized carbons (Fsp3) is 0.200. The van der Waals surface area contributed by atoms with Gasteiger partial charge in [-0.2, -0.15) is 0 Å². The van der Waals surface area contributed by atoms with Gasteiger partial charge in [-0.1, -0.05) is 48.2 Å². The minimum absolute atomic E-state index is 0.0793. The largest absolute Gasteiger partial charge is 0.345 e. The number of carbonyl (C=O) groups is 1. The van der Waals surface area contributed by atoms with E-state index in [1.807, 2.05) is 60.9 Å². The summed E-state index contributed by atoms with van der Waals surface area (Å²) in [6.07, 6.45) is 5.35. The first-order valence-corrected chi connectivity index (χ1v) is 11.4. The topological polar surface area (TPSA) is 65.6 Å². The van der Waals surface area contributed by atoms with Gasteiger partial charge in [0, 0.05) is 41.5 Å². The fourth-order valence-corrected chi connectivity index (χ4v) is 4.54. The van der Waals surface area contributed by atoms with Crippen LogP contribution in [-0.4, -0.2) is 35.9 Å². The van der Waals surface area contributed by atoms with Crippen molar-refractivity contribution in [3.8, 4) is 11.4 Å². The molecule has 6 nitrogen and oxygen atoms in total. The number of benzene rings is 1. The van der Waals surface area contributed by atoms with E-state index in [1.165, 1.54) is 11.8 Å². The molecule has 4 aromatic rings. The summed E-state index contributed by atoms with van der Waals surface area (Å²) >= 11 is 1.41. The summed E-state index contributed by atoms with van der Waals surface area (Å²) in [7, 11) is 0. The Morgan fingerprint density at radius 1 is 1.09 bits per heavy atom. The summed E-state index contributed by atoms with van der Waals surface area (Å²) in [6.45, 7) is 9.10. The average molecular weight is 444 g/mol. The lowest BCUT2D eigenvalue weighted by atomic mass is 10.2. The first-order valence-electron chi connectivity index (χ1n) is 10.4. The molecule has 0 aliphatic rings. The maximum Gasteiger partial charge on any atom is 0.192 e. The number of ketones is 1. The summed E-state index contributed by atoms with van der Waals surface area (Å²) < 4.78 is 4.15. The Hall–Kier alpha value is -3.45. The molecule has 0 aliphatic carbocycles. The van der Waals surface area contributed by atoms with Gasteiger partial charge in [0.2, 0.25) is 0 Å². The smallest absolute Gasteiger partial charge is 0.192 e. The van der Waals surface area contributed by atoms with Crippen LogP contribution in [0.1, 0.15) is 27.3 Å². The summed E-state index contributed by atoms with van der Waals surface area (Å²) in [5, 5.41) is 9.53. The molecule has 0 aliphatic heterocycles. The molecule has 0 radical (unpaired) electrons. The number of Topliss-reactive ketones (excluding diaryl/α,β-unsaturated/α-hetero) is 1. The number of aromatic nitrogens is 5. The van der Waals surface area contributed by atoms with E-state index in [0.29, 0.717) is 24.0 Å². The molecule has 32 heavy (non-hydrogen) atoms. The molecular formula is C25H25N5OS. The molecule has 0 bridgehead atoms. The van der Waals surface area contributed by atoms with Gasteiger partial charge >= 0.3 is 0 Å². The van der Waals surface area contributed by atoms with Crippen LogP contribution in [0.3, 0.4) is 0 Å². The molecule has 3 aromatic heterocycles. The Labute approximate surface area is 192 Å². The van der Waals surface area contributed by atoms with E-state index in [4.69, 9.17) is 0 Å². The number of rotatable bonds is 9. The Balaban J connectivity index is 1.60. The monoisotopic (exact) mass is 443 g/mol. The highest BCUT2D eigenvalue weighted by atomic mass is 32.2. The molecular weight excluding hydrogens is 418 g/mol. The number of thioether (sulfide) groups is 1. The van der Waals surface area contributed by atoms with Crippen molar-refractivity contribution in [2.24, 2.45) is 0 Å². The van der Waals surface area contributed by atoms with Gasteiger partial charge in [-0.3, -0.25) is 14.3 Å². The molecule has 4 rings (SSSR count). The number of aryl methyl sites for hydroxylation is 1. The zero-order chi connectivity index (χ0) is 22.5.